The van der Waals surface area contributed by atoms with E-state index in [1.807, 2.05) is 36.4 Å². The SMILES string of the molecule is C=CC(=O)OCCCCCCOc1ccc(C(=O)Sc2ccc(Br)cc2)cc1. The molecule has 0 bridgehead atoms. The van der Waals surface area contributed by atoms with Crippen LogP contribution in [0.3, 0.4) is 0 Å². The van der Waals surface area contributed by atoms with Gasteiger partial charge in [-0.05, 0) is 86.0 Å². The monoisotopic (exact) mass is 462 g/mol. The van der Waals surface area contributed by atoms with Crippen molar-refractivity contribution in [3.63, 3.8) is 0 Å². The van der Waals surface area contributed by atoms with Crippen molar-refractivity contribution < 1.29 is 19.1 Å². The van der Waals surface area contributed by atoms with Crippen molar-refractivity contribution in [3.05, 3.63) is 71.2 Å². The van der Waals surface area contributed by atoms with Crippen molar-refractivity contribution in [2.75, 3.05) is 13.2 Å². The zero-order valence-corrected chi connectivity index (χ0v) is 18.0. The van der Waals surface area contributed by atoms with Crippen molar-refractivity contribution in [3.8, 4) is 5.75 Å². The van der Waals surface area contributed by atoms with Crippen LogP contribution in [-0.2, 0) is 9.53 Å². The fourth-order valence-electron chi connectivity index (χ4n) is 2.34. The lowest BCUT2D eigenvalue weighted by atomic mass is 10.2. The molecule has 0 aromatic heterocycles. The van der Waals surface area contributed by atoms with E-state index < -0.39 is 0 Å². The Morgan fingerprint density at radius 1 is 0.929 bits per heavy atom. The first-order valence-electron chi connectivity index (χ1n) is 9.08. The standard InChI is InChI=1S/C22H23BrO4S/c1-2-21(24)27-16-6-4-3-5-15-26-19-11-7-17(8-12-19)22(25)28-20-13-9-18(23)10-14-20/h2,7-14H,1,3-6,15-16H2. The Hall–Kier alpha value is -2.05. The molecule has 0 heterocycles. The number of benzene rings is 2. The van der Waals surface area contributed by atoms with Gasteiger partial charge in [0.25, 0.3) is 0 Å². The number of carbonyl (C=O) groups is 2. The summed E-state index contributed by atoms with van der Waals surface area (Å²) in [6.45, 7) is 4.40. The lowest BCUT2D eigenvalue weighted by Gasteiger charge is -2.07. The molecule has 4 nitrogen and oxygen atoms in total. The minimum absolute atomic E-state index is 0.00558. The number of halogens is 1. The zero-order valence-electron chi connectivity index (χ0n) is 15.6. The Labute approximate surface area is 178 Å². The molecule has 0 aliphatic carbocycles. The molecule has 0 saturated heterocycles. The number of carbonyl (C=O) groups excluding carboxylic acids is 2. The van der Waals surface area contributed by atoms with Crippen LogP contribution in [0.4, 0.5) is 0 Å². The second-order valence-electron chi connectivity index (χ2n) is 6.00. The van der Waals surface area contributed by atoms with Crippen LogP contribution in [0.2, 0.25) is 0 Å². The van der Waals surface area contributed by atoms with Gasteiger partial charge in [0, 0.05) is 21.0 Å². The normalized spacial score (nSPS) is 10.3. The van der Waals surface area contributed by atoms with Crippen LogP contribution >= 0.6 is 27.7 Å². The molecule has 0 unspecified atom stereocenters. The maximum absolute atomic E-state index is 12.3. The molecule has 28 heavy (non-hydrogen) atoms. The molecule has 0 atom stereocenters. The Morgan fingerprint density at radius 3 is 2.21 bits per heavy atom. The van der Waals surface area contributed by atoms with E-state index in [-0.39, 0.29) is 11.1 Å². The molecule has 0 N–H and O–H groups in total. The minimum Gasteiger partial charge on any atom is -0.494 e. The highest BCUT2D eigenvalue weighted by Crippen LogP contribution is 2.25. The first-order chi connectivity index (χ1) is 13.6. The molecule has 0 amide bonds. The summed E-state index contributed by atoms with van der Waals surface area (Å²) in [6, 6.07) is 14.9. The summed E-state index contributed by atoms with van der Waals surface area (Å²) in [5.41, 5.74) is 0.648. The molecule has 0 radical (unpaired) electrons. The Morgan fingerprint density at radius 2 is 1.57 bits per heavy atom. The van der Waals surface area contributed by atoms with Gasteiger partial charge in [0.15, 0.2) is 0 Å². The molecule has 148 valence electrons. The lowest BCUT2D eigenvalue weighted by molar-refractivity contribution is -0.137. The highest BCUT2D eigenvalue weighted by atomic mass is 79.9. The van der Waals surface area contributed by atoms with E-state index in [0.29, 0.717) is 18.8 Å². The summed E-state index contributed by atoms with van der Waals surface area (Å²) in [7, 11) is 0. The number of hydrogen-bond acceptors (Lipinski definition) is 5. The van der Waals surface area contributed by atoms with E-state index in [0.717, 1.165) is 40.8 Å². The molecular weight excluding hydrogens is 440 g/mol. The molecule has 0 fully saturated rings. The first-order valence-corrected chi connectivity index (χ1v) is 10.7. The van der Waals surface area contributed by atoms with Crippen LogP contribution in [-0.4, -0.2) is 24.3 Å². The topological polar surface area (TPSA) is 52.6 Å². The summed E-state index contributed by atoms with van der Waals surface area (Å²) in [4.78, 5) is 24.1. The molecule has 0 aliphatic heterocycles. The van der Waals surface area contributed by atoms with Crippen molar-refractivity contribution >= 4 is 38.8 Å². The van der Waals surface area contributed by atoms with E-state index in [4.69, 9.17) is 9.47 Å². The van der Waals surface area contributed by atoms with Gasteiger partial charge in [-0.1, -0.05) is 22.5 Å². The molecule has 0 spiro atoms. The van der Waals surface area contributed by atoms with Crippen molar-refractivity contribution in [2.45, 2.75) is 30.6 Å². The van der Waals surface area contributed by atoms with Gasteiger partial charge < -0.3 is 9.47 Å². The molecular formula is C22H23BrO4S. The largest absolute Gasteiger partial charge is 0.494 e. The first kappa shape index (κ1) is 22.2. The summed E-state index contributed by atoms with van der Waals surface area (Å²) in [6.07, 6.45) is 4.93. The van der Waals surface area contributed by atoms with Crippen molar-refractivity contribution in [2.24, 2.45) is 0 Å². The Kier molecular flexibility index (Phi) is 9.86. The van der Waals surface area contributed by atoms with Crippen LogP contribution < -0.4 is 4.74 Å². The highest BCUT2D eigenvalue weighted by Gasteiger charge is 2.08. The predicted molar refractivity (Wildman–Crippen MR) is 116 cm³/mol. The molecule has 0 aliphatic rings. The van der Waals surface area contributed by atoms with Crippen LogP contribution in [0.15, 0.2) is 70.6 Å². The highest BCUT2D eigenvalue weighted by molar-refractivity contribution is 9.10. The van der Waals surface area contributed by atoms with Crippen LogP contribution in [0.1, 0.15) is 36.0 Å². The van der Waals surface area contributed by atoms with Gasteiger partial charge in [0.05, 0.1) is 13.2 Å². The molecule has 0 saturated carbocycles. The third-order valence-electron chi connectivity index (χ3n) is 3.83. The van der Waals surface area contributed by atoms with Gasteiger partial charge in [-0.15, -0.1) is 0 Å². The number of thioether (sulfide) groups is 1. The summed E-state index contributed by atoms with van der Waals surface area (Å²) in [5, 5.41) is 0.00558. The maximum Gasteiger partial charge on any atom is 0.330 e. The molecule has 2 rings (SSSR count). The van der Waals surface area contributed by atoms with E-state index in [2.05, 4.69) is 22.5 Å². The zero-order chi connectivity index (χ0) is 20.2. The number of esters is 1. The lowest BCUT2D eigenvalue weighted by Crippen LogP contribution is -2.02. The summed E-state index contributed by atoms with van der Waals surface area (Å²) < 4.78 is 11.6. The van der Waals surface area contributed by atoms with Crippen molar-refractivity contribution in [1.82, 2.24) is 0 Å². The maximum atomic E-state index is 12.3. The van der Waals surface area contributed by atoms with Gasteiger partial charge in [-0.3, -0.25) is 4.79 Å². The Bertz CT molecular complexity index is 772. The van der Waals surface area contributed by atoms with Crippen LogP contribution in [0, 0.1) is 0 Å². The van der Waals surface area contributed by atoms with Crippen LogP contribution in [0.25, 0.3) is 0 Å². The predicted octanol–water partition coefficient (Wildman–Crippen LogP) is 6.05. The van der Waals surface area contributed by atoms with Gasteiger partial charge in [0.2, 0.25) is 5.12 Å². The quantitative estimate of drug-likeness (QED) is 0.176. The number of rotatable bonds is 11. The average Bonchev–Trinajstić information content (AvgIpc) is 2.71. The van der Waals surface area contributed by atoms with Crippen molar-refractivity contribution in [1.29, 1.82) is 0 Å². The van der Waals surface area contributed by atoms with Gasteiger partial charge in [-0.2, -0.15) is 0 Å². The fourth-order valence-corrected chi connectivity index (χ4v) is 3.34. The molecule has 2 aromatic rings. The summed E-state index contributed by atoms with van der Waals surface area (Å²) in [5.74, 6) is 0.380. The number of hydrogen-bond donors (Lipinski definition) is 0. The van der Waals surface area contributed by atoms with E-state index in [9.17, 15) is 9.59 Å². The fraction of sp³-hybridized carbons (Fsp3) is 0.273. The second-order valence-corrected chi connectivity index (χ2v) is 7.96. The second kappa shape index (κ2) is 12.4. The van der Waals surface area contributed by atoms with E-state index in [1.165, 1.54) is 17.8 Å². The average molecular weight is 463 g/mol. The number of unbranched alkanes of at least 4 members (excludes halogenated alkanes) is 3. The third-order valence-corrected chi connectivity index (χ3v) is 5.29. The van der Waals surface area contributed by atoms with E-state index >= 15 is 0 Å². The van der Waals surface area contributed by atoms with Gasteiger partial charge in [0.1, 0.15) is 5.75 Å². The Balaban J connectivity index is 1.64. The molecule has 6 heteroatoms. The number of ether oxygens (including phenoxy) is 2. The third kappa shape index (κ3) is 8.31. The minimum atomic E-state index is -0.375. The smallest absolute Gasteiger partial charge is 0.330 e. The van der Waals surface area contributed by atoms with Gasteiger partial charge in [-0.25, -0.2) is 4.79 Å². The molecule has 2 aromatic carbocycles. The van der Waals surface area contributed by atoms with Crippen LogP contribution in [0.5, 0.6) is 5.75 Å². The van der Waals surface area contributed by atoms with Gasteiger partial charge >= 0.3 is 5.97 Å². The van der Waals surface area contributed by atoms with E-state index in [1.54, 1.807) is 12.1 Å². The summed E-state index contributed by atoms with van der Waals surface area (Å²) >= 11 is 4.59.